The quantitative estimate of drug-likeness (QED) is 0.249. The summed E-state index contributed by atoms with van der Waals surface area (Å²) in [5, 5.41) is 3.24. The number of carbonyl (C=O) groups excluding carboxylic acids is 1. The highest BCUT2D eigenvalue weighted by atomic mass is 16.6. The first kappa shape index (κ1) is 11.6. The average molecular weight is 215 g/mol. The predicted molar refractivity (Wildman–Crippen MR) is 58.0 cm³/mol. The van der Waals surface area contributed by atoms with E-state index in [1.54, 1.807) is 12.1 Å². The van der Waals surface area contributed by atoms with Crippen LogP contribution in [0.25, 0.3) is 10.4 Å². The number of carbonyl (C=O) groups is 1. The fourth-order valence-corrected chi connectivity index (χ4v) is 0.953. The summed E-state index contributed by atoms with van der Waals surface area (Å²) >= 11 is 0. The summed E-state index contributed by atoms with van der Waals surface area (Å²) in [4.78, 5) is 13.2. The molecule has 0 spiro atoms. The second kappa shape index (κ2) is 6.12. The summed E-state index contributed by atoms with van der Waals surface area (Å²) in [6.07, 6.45) is -1.08. The minimum absolute atomic E-state index is 0.542. The van der Waals surface area contributed by atoms with E-state index in [1.165, 1.54) is 6.92 Å². The summed E-state index contributed by atoms with van der Waals surface area (Å²) < 4.78 is 4.68. The number of hydrogen-bond donors (Lipinski definition) is 0. The van der Waals surface area contributed by atoms with Gasteiger partial charge in [0.1, 0.15) is 0 Å². The van der Waals surface area contributed by atoms with Gasteiger partial charge in [-0.15, -0.1) is 0 Å². The van der Waals surface area contributed by atoms with Crippen LogP contribution in [0.5, 0.6) is 0 Å². The lowest BCUT2D eigenvalue weighted by Gasteiger charge is -2.02. The molecule has 1 rings (SSSR count). The van der Waals surface area contributed by atoms with Gasteiger partial charge in [-0.2, -0.15) is 0 Å². The summed E-state index contributed by atoms with van der Waals surface area (Å²) in [5.74, 6) is 4.76. The first-order valence-electron chi connectivity index (χ1n) is 4.50. The molecule has 0 aliphatic rings. The van der Waals surface area contributed by atoms with E-state index in [4.69, 9.17) is 5.53 Å². The van der Waals surface area contributed by atoms with Gasteiger partial charge in [-0.05, 0) is 28.7 Å². The molecule has 0 aliphatic heterocycles. The lowest BCUT2D eigenvalue weighted by molar-refractivity contribution is -0.143. The van der Waals surface area contributed by atoms with Crippen LogP contribution in [0.2, 0.25) is 0 Å². The van der Waals surface area contributed by atoms with Gasteiger partial charge in [0.2, 0.25) is 6.23 Å². The molecule has 1 aromatic carbocycles. The van der Waals surface area contributed by atoms with Crippen molar-refractivity contribution in [3.63, 3.8) is 0 Å². The first-order valence-corrected chi connectivity index (χ1v) is 4.50. The van der Waals surface area contributed by atoms with Crippen molar-refractivity contribution >= 4 is 5.97 Å². The summed E-state index contributed by atoms with van der Waals surface area (Å²) in [6, 6.07) is 9.13. The average Bonchev–Trinajstić information content (AvgIpc) is 2.27. The largest absolute Gasteiger partial charge is 0.443 e. The molecule has 5 heteroatoms. The number of azide groups is 1. The molecule has 0 bridgehead atoms. The topological polar surface area (TPSA) is 75.1 Å². The van der Waals surface area contributed by atoms with E-state index in [0.717, 1.165) is 5.56 Å². The van der Waals surface area contributed by atoms with Crippen molar-refractivity contribution in [3.8, 4) is 11.8 Å². The van der Waals surface area contributed by atoms with Crippen LogP contribution in [0.1, 0.15) is 12.5 Å². The molecular weight excluding hydrogens is 206 g/mol. The van der Waals surface area contributed by atoms with Crippen molar-refractivity contribution in [3.05, 3.63) is 46.3 Å². The first-order chi connectivity index (χ1) is 7.72. The number of hydrogen-bond acceptors (Lipinski definition) is 3. The Bertz CT molecular complexity index is 467. The van der Waals surface area contributed by atoms with Crippen LogP contribution in [0.15, 0.2) is 35.4 Å². The number of benzene rings is 1. The zero-order chi connectivity index (χ0) is 11.8. The van der Waals surface area contributed by atoms with Gasteiger partial charge in [0.15, 0.2) is 0 Å². The zero-order valence-corrected chi connectivity index (χ0v) is 8.62. The molecule has 80 valence electrons. The normalized spacial score (nSPS) is 10.3. The van der Waals surface area contributed by atoms with Crippen LogP contribution >= 0.6 is 0 Å². The fraction of sp³-hybridized carbons (Fsp3) is 0.182. The lowest BCUT2D eigenvalue weighted by Crippen LogP contribution is -2.10. The van der Waals surface area contributed by atoms with Crippen LogP contribution < -0.4 is 0 Å². The van der Waals surface area contributed by atoms with E-state index < -0.39 is 12.2 Å². The van der Waals surface area contributed by atoms with E-state index >= 15 is 0 Å². The van der Waals surface area contributed by atoms with Crippen LogP contribution in [0, 0.1) is 11.8 Å². The van der Waals surface area contributed by atoms with Crippen molar-refractivity contribution in [1.29, 1.82) is 0 Å². The summed E-state index contributed by atoms with van der Waals surface area (Å²) in [7, 11) is 0. The molecule has 0 amide bonds. The number of nitrogens with zero attached hydrogens (tertiary/aromatic N) is 3. The molecular formula is C11H9N3O2. The fourth-order valence-electron chi connectivity index (χ4n) is 0.953. The highest BCUT2D eigenvalue weighted by Crippen LogP contribution is 1.98. The highest BCUT2D eigenvalue weighted by molar-refractivity contribution is 5.66. The van der Waals surface area contributed by atoms with Gasteiger partial charge in [0.25, 0.3) is 0 Å². The standard InChI is InChI=1S/C11H9N3O2/c1-9(15)16-11(13-14-12)8-7-10-5-3-2-4-6-10/h2-6,11H,1H3. The van der Waals surface area contributed by atoms with Crippen molar-refractivity contribution in [2.24, 2.45) is 5.11 Å². The van der Waals surface area contributed by atoms with Gasteiger partial charge in [-0.1, -0.05) is 24.1 Å². The molecule has 5 nitrogen and oxygen atoms in total. The van der Waals surface area contributed by atoms with Gasteiger partial charge >= 0.3 is 5.97 Å². The molecule has 0 fully saturated rings. The number of ether oxygens (including phenoxy) is 1. The summed E-state index contributed by atoms with van der Waals surface area (Å²) in [6.45, 7) is 1.23. The van der Waals surface area contributed by atoms with Crippen LogP contribution in [-0.2, 0) is 9.53 Å². The maximum Gasteiger partial charge on any atom is 0.303 e. The molecule has 0 aliphatic carbocycles. The van der Waals surface area contributed by atoms with Crippen LogP contribution in [0.4, 0.5) is 0 Å². The molecule has 0 saturated heterocycles. The molecule has 0 saturated carbocycles. The third-order valence-corrected chi connectivity index (χ3v) is 1.55. The molecule has 0 heterocycles. The van der Waals surface area contributed by atoms with Gasteiger partial charge in [-0.25, -0.2) is 0 Å². The van der Waals surface area contributed by atoms with E-state index in [-0.39, 0.29) is 0 Å². The lowest BCUT2D eigenvalue weighted by atomic mass is 10.2. The predicted octanol–water partition coefficient (Wildman–Crippen LogP) is 2.24. The Balaban J connectivity index is 2.79. The van der Waals surface area contributed by atoms with E-state index in [2.05, 4.69) is 26.6 Å². The Morgan fingerprint density at radius 1 is 1.50 bits per heavy atom. The highest BCUT2D eigenvalue weighted by Gasteiger charge is 2.04. The Morgan fingerprint density at radius 2 is 2.19 bits per heavy atom. The third kappa shape index (κ3) is 4.18. The molecule has 1 atom stereocenters. The van der Waals surface area contributed by atoms with E-state index in [9.17, 15) is 4.79 Å². The Morgan fingerprint density at radius 3 is 2.75 bits per heavy atom. The maximum atomic E-state index is 10.7. The Kier molecular flexibility index (Phi) is 4.45. The number of esters is 1. The number of rotatable bonds is 2. The van der Waals surface area contributed by atoms with E-state index in [1.807, 2.05) is 18.2 Å². The van der Waals surface area contributed by atoms with Crippen molar-refractivity contribution < 1.29 is 9.53 Å². The van der Waals surface area contributed by atoms with E-state index in [0.29, 0.717) is 0 Å². The van der Waals surface area contributed by atoms with Crippen molar-refractivity contribution in [2.45, 2.75) is 13.2 Å². The molecule has 1 unspecified atom stereocenters. The van der Waals surface area contributed by atoms with Gasteiger partial charge in [-0.3, -0.25) is 4.79 Å². The minimum Gasteiger partial charge on any atom is -0.443 e. The summed E-state index contributed by atoms with van der Waals surface area (Å²) in [5.41, 5.74) is 9.00. The van der Waals surface area contributed by atoms with Gasteiger partial charge in [0, 0.05) is 17.4 Å². The van der Waals surface area contributed by atoms with Crippen molar-refractivity contribution in [1.82, 2.24) is 0 Å². The maximum absolute atomic E-state index is 10.7. The zero-order valence-electron chi connectivity index (χ0n) is 8.62. The van der Waals surface area contributed by atoms with Crippen LogP contribution in [-0.4, -0.2) is 12.2 Å². The van der Waals surface area contributed by atoms with Crippen molar-refractivity contribution in [2.75, 3.05) is 0 Å². The van der Waals surface area contributed by atoms with Gasteiger partial charge < -0.3 is 4.74 Å². The minimum atomic E-state index is -1.08. The molecule has 0 N–H and O–H groups in total. The molecule has 16 heavy (non-hydrogen) atoms. The molecule has 1 aromatic rings. The molecule has 0 radical (unpaired) electrons. The Hall–Kier alpha value is -2.44. The van der Waals surface area contributed by atoms with Gasteiger partial charge in [0.05, 0.1) is 0 Å². The van der Waals surface area contributed by atoms with Crippen LogP contribution in [0.3, 0.4) is 0 Å². The molecule has 0 aromatic heterocycles. The monoisotopic (exact) mass is 215 g/mol. The second-order valence-electron chi connectivity index (χ2n) is 2.80. The third-order valence-electron chi connectivity index (χ3n) is 1.55. The second-order valence-corrected chi connectivity index (χ2v) is 2.80. The SMILES string of the molecule is CC(=O)OC(C#Cc1ccccc1)N=[N+]=[N-]. The Labute approximate surface area is 92.7 Å². The smallest absolute Gasteiger partial charge is 0.303 e.